The number of fused-ring (bicyclic) bond motifs is 1. The lowest BCUT2D eigenvalue weighted by Gasteiger charge is -2.12. The second kappa shape index (κ2) is 11.3. The third kappa shape index (κ3) is 7.29. The normalized spacial score (nSPS) is 11.4. The Balaban J connectivity index is 0.000000599. The lowest BCUT2D eigenvalue weighted by Crippen LogP contribution is -2.21. The van der Waals surface area contributed by atoms with Crippen molar-refractivity contribution in [2.45, 2.75) is 12.4 Å². The number of rotatable bonds is 4. The standard InChI is InChI=1S/C24H15F3N2O3.C2H4F3N/c25-24(26,27)17-8-5-14(6-9-17)19-3-1-2-4-20(19)22(30)29-18-10-7-15-11-16(23(31)32)13-28-21(15)12-18;3-2(4,5)1-6/h1-13H,(H,29,30)(H,31,32);1,6H2. The molecule has 38 heavy (non-hydrogen) atoms. The van der Waals surface area contributed by atoms with Crippen molar-refractivity contribution in [3.05, 3.63) is 95.7 Å². The smallest absolute Gasteiger partial charge is 0.416 e. The van der Waals surface area contributed by atoms with E-state index in [9.17, 15) is 35.9 Å². The van der Waals surface area contributed by atoms with Crippen LogP contribution in [0.25, 0.3) is 22.0 Å². The minimum absolute atomic E-state index is 0.0553. The fraction of sp³-hybridized carbons (Fsp3) is 0.115. The molecule has 1 amide bonds. The van der Waals surface area contributed by atoms with Gasteiger partial charge in [0.05, 0.1) is 23.2 Å². The summed E-state index contributed by atoms with van der Waals surface area (Å²) in [5.74, 6) is -1.53. The van der Waals surface area contributed by atoms with Crippen LogP contribution < -0.4 is 11.1 Å². The summed E-state index contributed by atoms with van der Waals surface area (Å²) >= 11 is 0. The highest BCUT2D eigenvalue weighted by molar-refractivity contribution is 6.09. The summed E-state index contributed by atoms with van der Waals surface area (Å²) < 4.78 is 70.5. The molecule has 4 N–H and O–H groups in total. The van der Waals surface area contributed by atoms with Crippen molar-refractivity contribution >= 4 is 28.5 Å². The lowest BCUT2D eigenvalue weighted by atomic mass is 9.98. The number of hydrogen-bond acceptors (Lipinski definition) is 4. The van der Waals surface area contributed by atoms with Gasteiger partial charge in [0.15, 0.2) is 0 Å². The van der Waals surface area contributed by atoms with Crippen LogP contribution in [0.4, 0.5) is 32.0 Å². The number of halogens is 6. The Morgan fingerprint density at radius 2 is 1.53 bits per heavy atom. The van der Waals surface area contributed by atoms with Crippen LogP contribution in [-0.4, -0.2) is 34.7 Å². The number of carbonyl (C=O) groups excluding carboxylic acids is 1. The molecule has 0 aliphatic rings. The number of hydrogen-bond donors (Lipinski definition) is 3. The molecule has 0 saturated heterocycles. The first-order valence-corrected chi connectivity index (χ1v) is 10.8. The Morgan fingerprint density at radius 3 is 2.11 bits per heavy atom. The predicted molar refractivity (Wildman–Crippen MR) is 129 cm³/mol. The van der Waals surface area contributed by atoms with Gasteiger partial charge in [0.1, 0.15) is 0 Å². The van der Waals surface area contributed by atoms with Gasteiger partial charge >= 0.3 is 18.3 Å². The van der Waals surface area contributed by atoms with E-state index in [1.54, 1.807) is 42.5 Å². The summed E-state index contributed by atoms with van der Waals surface area (Å²) in [5, 5.41) is 12.4. The third-order valence-corrected chi connectivity index (χ3v) is 5.12. The topological polar surface area (TPSA) is 105 Å². The average Bonchev–Trinajstić information content (AvgIpc) is 2.88. The molecule has 0 bridgehead atoms. The molecule has 0 spiro atoms. The number of carboxylic acids is 1. The molecule has 0 atom stereocenters. The van der Waals surface area contributed by atoms with Gasteiger partial charge in [0, 0.05) is 22.8 Å². The maximum absolute atomic E-state index is 12.9. The van der Waals surface area contributed by atoms with Gasteiger partial charge in [-0.25, -0.2) is 4.79 Å². The number of carbonyl (C=O) groups is 2. The number of benzene rings is 3. The van der Waals surface area contributed by atoms with Gasteiger partial charge in [-0.15, -0.1) is 0 Å². The number of nitrogens with two attached hydrogens (primary N) is 1. The number of carboxylic acid groups (broad SMARTS) is 1. The Morgan fingerprint density at radius 1 is 0.895 bits per heavy atom. The lowest BCUT2D eigenvalue weighted by molar-refractivity contribution is -0.137. The van der Waals surface area contributed by atoms with Crippen molar-refractivity contribution in [1.82, 2.24) is 4.98 Å². The molecule has 0 aliphatic carbocycles. The highest BCUT2D eigenvalue weighted by atomic mass is 19.4. The SMILES string of the molecule is NCC(F)(F)F.O=C(O)c1cnc2cc(NC(=O)c3ccccc3-c3ccc(C(F)(F)F)cc3)ccc2c1. The van der Waals surface area contributed by atoms with Gasteiger partial charge in [-0.2, -0.15) is 26.3 Å². The van der Waals surface area contributed by atoms with E-state index >= 15 is 0 Å². The van der Waals surface area contributed by atoms with Crippen molar-refractivity contribution in [3.8, 4) is 11.1 Å². The fourth-order valence-corrected chi connectivity index (χ4v) is 3.29. The van der Waals surface area contributed by atoms with Crippen molar-refractivity contribution in [1.29, 1.82) is 0 Å². The van der Waals surface area contributed by atoms with Gasteiger partial charge in [-0.1, -0.05) is 36.4 Å². The molecule has 0 radical (unpaired) electrons. The van der Waals surface area contributed by atoms with Crippen LogP contribution in [0.15, 0.2) is 79.0 Å². The van der Waals surface area contributed by atoms with Gasteiger partial charge in [-0.05, 0) is 47.5 Å². The van der Waals surface area contributed by atoms with Gasteiger partial charge in [0.2, 0.25) is 0 Å². The fourth-order valence-electron chi connectivity index (χ4n) is 3.29. The summed E-state index contributed by atoms with van der Waals surface area (Å²) in [5.41, 5.74) is 5.68. The Labute approximate surface area is 211 Å². The summed E-state index contributed by atoms with van der Waals surface area (Å²) in [6.45, 7) is -1.23. The van der Waals surface area contributed by atoms with Gasteiger partial charge in [0.25, 0.3) is 5.91 Å². The van der Waals surface area contributed by atoms with Crippen molar-refractivity contribution in [2.24, 2.45) is 5.73 Å². The van der Waals surface area contributed by atoms with Crippen LogP contribution in [0.2, 0.25) is 0 Å². The summed E-state index contributed by atoms with van der Waals surface area (Å²) in [7, 11) is 0. The maximum Gasteiger partial charge on any atom is 0.416 e. The molecular formula is C26H19F6N3O3. The Bertz CT molecular complexity index is 1450. The Hall–Kier alpha value is -4.45. The molecule has 0 saturated carbocycles. The molecule has 3 aromatic carbocycles. The summed E-state index contributed by atoms with van der Waals surface area (Å²) in [6, 6.07) is 17.6. The number of aromatic nitrogens is 1. The zero-order chi connectivity index (χ0) is 28.1. The zero-order valence-corrected chi connectivity index (χ0v) is 19.3. The largest absolute Gasteiger partial charge is 0.478 e. The van der Waals surface area contributed by atoms with Crippen LogP contribution in [0.3, 0.4) is 0 Å². The van der Waals surface area contributed by atoms with Crippen LogP contribution in [-0.2, 0) is 6.18 Å². The highest BCUT2D eigenvalue weighted by Crippen LogP contribution is 2.32. The average molecular weight is 535 g/mol. The third-order valence-electron chi connectivity index (χ3n) is 5.12. The van der Waals surface area contributed by atoms with Gasteiger partial charge < -0.3 is 16.2 Å². The van der Waals surface area contributed by atoms with Crippen molar-refractivity contribution in [2.75, 3.05) is 11.9 Å². The van der Waals surface area contributed by atoms with E-state index in [-0.39, 0.29) is 5.56 Å². The number of nitrogens with zero attached hydrogens (tertiary/aromatic N) is 1. The zero-order valence-electron chi connectivity index (χ0n) is 19.3. The molecule has 0 fully saturated rings. The van der Waals surface area contributed by atoms with E-state index in [0.717, 1.165) is 12.1 Å². The van der Waals surface area contributed by atoms with Crippen LogP contribution in [0.5, 0.6) is 0 Å². The van der Waals surface area contributed by atoms with E-state index in [4.69, 9.17) is 5.11 Å². The molecule has 1 heterocycles. The molecule has 6 nitrogen and oxygen atoms in total. The van der Waals surface area contributed by atoms with E-state index in [0.29, 0.717) is 33.3 Å². The van der Waals surface area contributed by atoms with E-state index in [1.165, 1.54) is 24.4 Å². The number of nitrogens with one attached hydrogen (secondary N) is 1. The summed E-state index contributed by atoms with van der Waals surface area (Å²) in [6.07, 6.45) is -7.39. The van der Waals surface area contributed by atoms with Crippen LogP contribution in [0.1, 0.15) is 26.3 Å². The number of anilines is 1. The van der Waals surface area contributed by atoms with E-state index < -0.39 is 36.3 Å². The van der Waals surface area contributed by atoms with Crippen LogP contribution in [0, 0.1) is 0 Å². The highest BCUT2D eigenvalue weighted by Gasteiger charge is 2.30. The molecule has 1 aromatic heterocycles. The molecule has 12 heteroatoms. The first-order chi connectivity index (χ1) is 17.8. The number of aromatic carboxylic acids is 1. The van der Waals surface area contributed by atoms with Gasteiger partial charge in [-0.3, -0.25) is 9.78 Å². The molecule has 0 unspecified atom stereocenters. The maximum atomic E-state index is 12.9. The first-order valence-electron chi connectivity index (χ1n) is 10.8. The molecule has 0 aliphatic heterocycles. The van der Waals surface area contributed by atoms with Crippen molar-refractivity contribution < 1.29 is 41.0 Å². The summed E-state index contributed by atoms with van der Waals surface area (Å²) in [4.78, 5) is 28.1. The number of alkyl halides is 6. The van der Waals surface area contributed by atoms with E-state index in [1.807, 2.05) is 0 Å². The predicted octanol–water partition coefficient (Wildman–Crippen LogP) is 6.38. The Kier molecular flexibility index (Phi) is 8.36. The number of amides is 1. The van der Waals surface area contributed by atoms with Crippen molar-refractivity contribution in [3.63, 3.8) is 0 Å². The molecule has 198 valence electrons. The second-order valence-electron chi connectivity index (χ2n) is 7.83. The molecule has 4 rings (SSSR count). The minimum Gasteiger partial charge on any atom is -0.478 e. The van der Waals surface area contributed by atoms with E-state index in [2.05, 4.69) is 16.0 Å². The quantitative estimate of drug-likeness (QED) is 0.263. The van der Waals surface area contributed by atoms with Crippen LogP contribution >= 0.6 is 0 Å². The minimum atomic E-state index is -4.44. The number of pyridine rings is 1. The second-order valence-corrected chi connectivity index (χ2v) is 7.83. The monoisotopic (exact) mass is 535 g/mol. The first kappa shape index (κ1) is 28.1. The molecule has 4 aromatic rings. The molecular weight excluding hydrogens is 516 g/mol.